The molecular weight excluding hydrogens is 672 g/mol. The van der Waals surface area contributed by atoms with Gasteiger partial charge in [0.05, 0.1) is 49.3 Å². The van der Waals surface area contributed by atoms with Crippen LogP contribution < -0.4 is 33.8 Å². The van der Waals surface area contributed by atoms with Crippen molar-refractivity contribution in [1.82, 2.24) is 4.57 Å². The molecule has 4 aromatic rings. The molecule has 0 spiro atoms. The maximum absolute atomic E-state index is 14.2. The van der Waals surface area contributed by atoms with Crippen molar-refractivity contribution in [1.29, 1.82) is 0 Å². The van der Waals surface area contributed by atoms with E-state index in [9.17, 15) is 14.4 Å². The van der Waals surface area contributed by atoms with Gasteiger partial charge in [-0.2, -0.15) is 0 Å². The lowest BCUT2D eigenvalue weighted by atomic mass is 9.95. The smallest absolute Gasteiger partial charge is 0.343 e. The van der Waals surface area contributed by atoms with Gasteiger partial charge < -0.3 is 28.4 Å². The first kappa shape index (κ1) is 35.2. The van der Waals surface area contributed by atoms with E-state index in [0.717, 1.165) is 5.56 Å². The van der Waals surface area contributed by atoms with Gasteiger partial charge in [0.2, 0.25) is 0 Å². The van der Waals surface area contributed by atoms with Gasteiger partial charge in [0.1, 0.15) is 6.61 Å². The van der Waals surface area contributed by atoms with Crippen LogP contribution in [-0.2, 0) is 25.7 Å². The summed E-state index contributed by atoms with van der Waals surface area (Å²) < 4.78 is 35.0. The average molecular weight is 707 g/mol. The Bertz CT molecular complexity index is 2090. The van der Waals surface area contributed by atoms with Crippen LogP contribution in [0.5, 0.6) is 23.0 Å². The highest BCUT2D eigenvalue weighted by Crippen LogP contribution is 2.36. The Kier molecular flexibility index (Phi) is 11.4. The Morgan fingerprint density at radius 2 is 1.69 bits per heavy atom. The van der Waals surface area contributed by atoms with Crippen LogP contribution >= 0.6 is 22.9 Å². The summed E-state index contributed by atoms with van der Waals surface area (Å²) in [6.45, 7) is 5.59. The fourth-order valence-corrected chi connectivity index (χ4v) is 6.44. The Balaban J connectivity index is 1.56. The van der Waals surface area contributed by atoms with Gasteiger partial charge >= 0.3 is 11.9 Å². The van der Waals surface area contributed by atoms with Gasteiger partial charge in [-0.05, 0) is 68.3 Å². The molecule has 13 heteroatoms. The van der Waals surface area contributed by atoms with Gasteiger partial charge in [0.25, 0.3) is 5.56 Å². The molecule has 1 aliphatic heterocycles. The molecule has 0 amide bonds. The van der Waals surface area contributed by atoms with E-state index in [-0.39, 0.29) is 31.0 Å². The standard InChI is InChI=1S/C36H35ClN2O9S/c1-6-45-29-18-23(13-15-27(29)48-20-31(40)44-5)33-32(35(42)46-7-2)21(3)38-36-39(33)34(41)30(49-36)17-22-12-14-26(28(16-22)43-4)47-19-24-10-8-9-11-25(24)37/h8-18,33H,6-7,19-20H2,1-5H3/b30-17-/t33-/m1/s1. The third-order valence-electron chi connectivity index (χ3n) is 7.50. The Morgan fingerprint density at radius 1 is 0.939 bits per heavy atom. The van der Waals surface area contributed by atoms with Crippen molar-refractivity contribution in [3.05, 3.63) is 113 Å². The second-order valence-electron chi connectivity index (χ2n) is 10.6. The lowest BCUT2D eigenvalue weighted by molar-refractivity contribution is -0.143. The minimum atomic E-state index is -0.888. The predicted octanol–water partition coefficient (Wildman–Crippen LogP) is 4.99. The zero-order valence-corrected chi connectivity index (χ0v) is 29.2. The van der Waals surface area contributed by atoms with Crippen molar-refractivity contribution < 1.29 is 38.0 Å². The molecule has 0 radical (unpaired) electrons. The SMILES string of the molecule is CCOC(=O)C1=C(C)N=c2s/c(=C\c3ccc(OCc4ccccc4Cl)c(OC)c3)c(=O)n2[C@@H]1c1ccc(OCC(=O)OC)c(OCC)c1. The first-order valence-electron chi connectivity index (χ1n) is 15.4. The van der Waals surface area contributed by atoms with Gasteiger partial charge in [-0.1, -0.05) is 53.3 Å². The van der Waals surface area contributed by atoms with E-state index in [0.29, 0.717) is 60.8 Å². The number of allylic oxidation sites excluding steroid dienone is 1. The zero-order chi connectivity index (χ0) is 35.1. The predicted molar refractivity (Wildman–Crippen MR) is 184 cm³/mol. The molecule has 0 saturated heterocycles. The average Bonchev–Trinajstić information content (AvgIpc) is 3.40. The minimum Gasteiger partial charge on any atom is -0.493 e. The van der Waals surface area contributed by atoms with Crippen LogP contribution in [0.15, 0.2) is 81.7 Å². The Hall–Kier alpha value is -5.07. The lowest BCUT2D eigenvalue weighted by Crippen LogP contribution is -2.40. The number of hydrogen-bond acceptors (Lipinski definition) is 11. The number of thiazole rings is 1. The number of fused-ring (bicyclic) bond motifs is 1. The minimum absolute atomic E-state index is 0.136. The molecule has 1 aliphatic rings. The van der Waals surface area contributed by atoms with Crippen LogP contribution in [0.3, 0.4) is 0 Å². The first-order chi connectivity index (χ1) is 23.7. The van der Waals surface area contributed by atoms with Crippen molar-refractivity contribution in [3.63, 3.8) is 0 Å². The molecule has 2 heterocycles. The van der Waals surface area contributed by atoms with E-state index in [2.05, 4.69) is 9.73 Å². The van der Waals surface area contributed by atoms with Crippen molar-refractivity contribution in [2.45, 2.75) is 33.4 Å². The van der Waals surface area contributed by atoms with Crippen molar-refractivity contribution in [3.8, 4) is 23.0 Å². The van der Waals surface area contributed by atoms with Crippen molar-refractivity contribution in [2.24, 2.45) is 4.99 Å². The number of halogens is 1. The number of rotatable bonds is 13. The maximum atomic E-state index is 14.2. The monoisotopic (exact) mass is 706 g/mol. The quantitative estimate of drug-likeness (QED) is 0.177. The fourth-order valence-electron chi connectivity index (χ4n) is 5.20. The van der Waals surface area contributed by atoms with Gasteiger partial charge in [-0.25, -0.2) is 14.6 Å². The van der Waals surface area contributed by atoms with Crippen molar-refractivity contribution in [2.75, 3.05) is 34.0 Å². The second-order valence-corrected chi connectivity index (χ2v) is 12.0. The summed E-state index contributed by atoms with van der Waals surface area (Å²) in [5.74, 6) is 0.468. The third kappa shape index (κ3) is 7.82. The largest absolute Gasteiger partial charge is 0.493 e. The Labute approximate surface area is 291 Å². The van der Waals surface area contributed by atoms with Crippen molar-refractivity contribution >= 4 is 41.0 Å². The van der Waals surface area contributed by atoms with E-state index in [1.54, 1.807) is 63.2 Å². The lowest BCUT2D eigenvalue weighted by Gasteiger charge is -2.25. The Morgan fingerprint density at radius 3 is 2.41 bits per heavy atom. The van der Waals surface area contributed by atoms with Crippen LogP contribution in [0, 0.1) is 0 Å². The highest BCUT2D eigenvalue weighted by Gasteiger charge is 2.34. The number of carbonyl (C=O) groups excluding carboxylic acids is 2. The first-order valence-corrected chi connectivity index (χ1v) is 16.6. The highest BCUT2D eigenvalue weighted by molar-refractivity contribution is 7.07. The number of ether oxygens (including phenoxy) is 6. The second kappa shape index (κ2) is 15.9. The van der Waals surface area contributed by atoms with Crippen LogP contribution in [0.2, 0.25) is 5.02 Å². The summed E-state index contributed by atoms with van der Waals surface area (Å²) in [7, 11) is 2.81. The molecule has 0 fully saturated rings. The van der Waals surface area contributed by atoms with Crippen LogP contribution in [0.4, 0.5) is 0 Å². The summed E-state index contributed by atoms with van der Waals surface area (Å²) in [5.41, 5.74) is 2.36. The number of carbonyl (C=O) groups is 2. The summed E-state index contributed by atoms with van der Waals surface area (Å²) in [5, 5.41) is 0.602. The topological polar surface area (TPSA) is 124 Å². The number of nitrogens with zero attached hydrogens (tertiary/aromatic N) is 2. The molecule has 0 N–H and O–H groups in total. The number of methoxy groups -OCH3 is 2. The van der Waals surface area contributed by atoms with E-state index in [1.807, 2.05) is 24.3 Å². The van der Waals surface area contributed by atoms with Gasteiger partial charge in [0, 0.05) is 10.6 Å². The molecule has 0 saturated carbocycles. The van der Waals surface area contributed by atoms with E-state index < -0.39 is 18.0 Å². The third-order valence-corrected chi connectivity index (χ3v) is 8.85. The van der Waals surface area contributed by atoms with Crippen LogP contribution in [-0.4, -0.2) is 50.5 Å². The number of esters is 2. The molecule has 1 aromatic heterocycles. The number of hydrogen-bond donors (Lipinski definition) is 0. The molecule has 0 bridgehead atoms. The van der Waals surface area contributed by atoms with E-state index in [1.165, 1.54) is 30.1 Å². The fraction of sp³-hybridized carbons (Fsp3) is 0.278. The maximum Gasteiger partial charge on any atom is 0.343 e. The summed E-state index contributed by atoms with van der Waals surface area (Å²) in [6, 6.07) is 16.9. The number of aromatic nitrogens is 1. The molecule has 256 valence electrons. The summed E-state index contributed by atoms with van der Waals surface area (Å²) in [6.07, 6.45) is 1.74. The molecule has 5 rings (SSSR count). The summed E-state index contributed by atoms with van der Waals surface area (Å²) in [4.78, 5) is 44.3. The van der Waals surface area contributed by atoms with Gasteiger partial charge in [0.15, 0.2) is 34.4 Å². The van der Waals surface area contributed by atoms with E-state index >= 15 is 0 Å². The molecule has 1 atom stereocenters. The van der Waals surface area contributed by atoms with Crippen LogP contribution in [0.1, 0.15) is 43.5 Å². The molecular formula is C36H35ClN2O9S. The highest BCUT2D eigenvalue weighted by atomic mass is 35.5. The molecule has 11 nitrogen and oxygen atoms in total. The van der Waals surface area contributed by atoms with E-state index in [4.69, 9.17) is 35.3 Å². The zero-order valence-electron chi connectivity index (χ0n) is 27.6. The van der Waals surface area contributed by atoms with Crippen LogP contribution in [0.25, 0.3) is 6.08 Å². The summed E-state index contributed by atoms with van der Waals surface area (Å²) >= 11 is 7.48. The van der Waals surface area contributed by atoms with Gasteiger partial charge in [-0.15, -0.1) is 0 Å². The molecule has 0 unspecified atom stereocenters. The molecule has 49 heavy (non-hydrogen) atoms. The molecule has 0 aliphatic carbocycles. The van der Waals surface area contributed by atoms with Gasteiger partial charge in [-0.3, -0.25) is 9.36 Å². The normalized spacial score (nSPS) is 14.1. The molecule has 3 aromatic carbocycles. The number of benzene rings is 3.